The van der Waals surface area contributed by atoms with Crippen LogP contribution in [0.2, 0.25) is 0 Å². The zero-order valence-electron chi connectivity index (χ0n) is 10.6. The van der Waals surface area contributed by atoms with Crippen LogP contribution in [0.25, 0.3) is 0 Å². The molecule has 1 atom stereocenters. The molecule has 0 heterocycles. The van der Waals surface area contributed by atoms with Crippen molar-refractivity contribution in [2.75, 3.05) is 14.1 Å². The highest BCUT2D eigenvalue weighted by molar-refractivity contribution is 5.84. The van der Waals surface area contributed by atoms with Gasteiger partial charge in [-0.25, -0.2) is 0 Å². The average molecular weight is 229 g/mol. The lowest BCUT2D eigenvalue weighted by molar-refractivity contribution is -0.130. The van der Waals surface area contributed by atoms with Gasteiger partial charge in [-0.2, -0.15) is 0 Å². The summed E-state index contributed by atoms with van der Waals surface area (Å²) < 4.78 is 0. The topological polar surface area (TPSA) is 20.3 Å². The molecule has 1 aromatic rings. The van der Waals surface area contributed by atoms with Crippen molar-refractivity contribution in [3.05, 3.63) is 34.4 Å². The maximum atomic E-state index is 12.1. The summed E-state index contributed by atoms with van der Waals surface area (Å²) in [5.74, 6) is 0.382. The summed E-state index contributed by atoms with van der Waals surface area (Å²) in [6, 6.07) is 4.68. The quantitative estimate of drug-likeness (QED) is 0.723. The number of hydrogen-bond donors (Lipinski definition) is 0. The van der Waals surface area contributed by atoms with E-state index >= 15 is 0 Å². The van der Waals surface area contributed by atoms with Gasteiger partial charge in [-0.05, 0) is 54.4 Å². The second-order valence-electron chi connectivity index (χ2n) is 5.50. The van der Waals surface area contributed by atoms with Crippen LogP contribution in [-0.2, 0) is 24.1 Å². The fourth-order valence-corrected chi connectivity index (χ4v) is 3.26. The molecule has 2 aliphatic rings. The molecule has 1 aromatic carbocycles. The van der Waals surface area contributed by atoms with Crippen LogP contribution in [0.1, 0.15) is 41.0 Å². The number of amides is 1. The highest BCUT2D eigenvalue weighted by Crippen LogP contribution is 2.38. The Hall–Kier alpha value is -1.31. The first-order chi connectivity index (χ1) is 8.16. The zero-order chi connectivity index (χ0) is 12.0. The summed E-state index contributed by atoms with van der Waals surface area (Å²) in [6.45, 7) is 0. The summed E-state index contributed by atoms with van der Waals surface area (Å²) in [6.07, 6.45) is 5.78. The molecule has 3 rings (SSSR count). The lowest BCUT2D eigenvalue weighted by Crippen LogP contribution is -2.27. The first-order valence-corrected chi connectivity index (χ1v) is 6.52. The van der Waals surface area contributed by atoms with Crippen LogP contribution < -0.4 is 0 Å². The van der Waals surface area contributed by atoms with E-state index in [1.807, 2.05) is 14.1 Å². The molecule has 1 amide bonds. The third kappa shape index (κ3) is 1.67. The second-order valence-corrected chi connectivity index (χ2v) is 5.50. The predicted molar refractivity (Wildman–Crippen MR) is 68.2 cm³/mol. The molecule has 2 nitrogen and oxygen atoms in total. The molecule has 0 aromatic heterocycles. The Balaban J connectivity index is 2.00. The Kier molecular flexibility index (Phi) is 2.46. The normalized spacial score (nSPS) is 21.2. The largest absolute Gasteiger partial charge is 0.348 e. The number of aryl methyl sites for hydroxylation is 3. The van der Waals surface area contributed by atoms with E-state index in [0.717, 1.165) is 12.8 Å². The van der Waals surface area contributed by atoms with Crippen molar-refractivity contribution in [3.8, 4) is 0 Å². The van der Waals surface area contributed by atoms with E-state index in [4.69, 9.17) is 0 Å². The van der Waals surface area contributed by atoms with Crippen LogP contribution in [0.15, 0.2) is 12.1 Å². The van der Waals surface area contributed by atoms with Gasteiger partial charge >= 0.3 is 0 Å². The number of likely N-dealkylation sites (N-methyl/N-ethyl adjacent to an activating group) is 1. The third-order valence-electron chi connectivity index (χ3n) is 4.17. The van der Waals surface area contributed by atoms with E-state index in [1.165, 1.54) is 41.5 Å². The van der Waals surface area contributed by atoms with Gasteiger partial charge in [-0.3, -0.25) is 4.79 Å². The molecule has 2 heteroatoms. The van der Waals surface area contributed by atoms with E-state index in [0.29, 0.717) is 0 Å². The van der Waals surface area contributed by atoms with Crippen LogP contribution in [0.3, 0.4) is 0 Å². The SMILES string of the molecule is CN(C)C(=O)C1CCc2cc3c(cc21)CCC3. The summed E-state index contributed by atoms with van der Waals surface area (Å²) >= 11 is 0. The van der Waals surface area contributed by atoms with Crippen LogP contribution in [0.5, 0.6) is 0 Å². The Morgan fingerprint density at radius 2 is 1.82 bits per heavy atom. The van der Waals surface area contributed by atoms with Gasteiger partial charge in [0.2, 0.25) is 5.91 Å². The lowest BCUT2D eigenvalue weighted by atomic mass is 9.96. The van der Waals surface area contributed by atoms with Crippen molar-refractivity contribution in [2.24, 2.45) is 0 Å². The fraction of sp³-hybridized carbons (Fsp3) is 0.533. The first kappa shape index (κ1) is 10.8. The average Bonchev–Trinajstić information content (AvgIpc) is 2.89. The summed E-state index contributed by atoms with van der Waals surface area (Å²) in [5, 5.41) is 0. The number of carbonyl (C=O) groups is 1. The molecule has 0 aliphatic heterocycles. The molecule has 17 heavy (non-hydrogen) atoms. The van der Waals surface area contributed by atoms with Gasteiger partial charge in [0.15, 0.2) is 0 Å². The number of rotatable bonds is 1. The third-order valence-corrected chi connectivity index (χ3v) is 4.17. The summed E-state index contributed by atoms with van der Waals surface area (Å²) in [7, 11) is 3.71. The molecule has 1 unspecified atom stereocenters. The van der Waals surface area contributed by atoms with Crippen molar-refractivity contribution in [1.82, 2.24) is 4.90 Å². The smallest absolute Gasteiger partial charge is 0.229 e. The van der Waals surface area contributed by atoms with E-state index in [1.54, 1.807) is 4.90 Å². The van der Waals surface area contributed by atoms with Crippen LogP contribution in [0, 0.1) is 0 Å². The molecule has 0 bridgehead atoms. The van der Waals surface area contributed by atoms with Crippen molar-refractivity contribution < 1.29 is 4.79 Å². The number of fused-ring (bicyclic) bond motifs is 2. The maximum Gasteiger partial charge on any atom is 0.229 e. The van der Waals surface area contributed by atoms with Crippen LogP contribution in [-0.4, -0.2) is 24.9 Å². The maximum absolute atomic E-state index is 12.1. The number of carbonyl (C=O) groups excluding carboxylic acids is 1. The van der Waals surface area contributed by atoms with Gasteiger partial charge in [0, 0.05) is 14.1 Å². The van der Waals surface area contributed by atoms with Gasteiger partial charge in [0.1, 0.15) is 0 Å². The molecule has 0 saturated carbocycles. The molecule has 2 aliphatic carbocycles. The molecule has 0 N–H and O–H groups in total. The van der Waals surface area contributed by atoms with E-state index < -0.39 is 0 Å². The summed E-state index contributed by atoms with van der Waals surface area (Å²) in [5.41, 5.74) is 5.75. The molecular weight excluding hydrogens is 210 g/mol. The Morgan fingerprint density at radius 3 is 2.53 bits per heavy atom. The number of benzene rings is 1. The van der Waals surface area contributed by atoms with Gasteiger partial charge in [-0.1, -0.05) is 12.1 Å². The van der Waals surface area contributed by atoms with E-state index in [2.05, 4.69) is 12.1 Å². The number of nitrogens with zero attached hydrogens (tertiary/aromatic N) is 1. The predicted octanol–water partition coefficient (Wildman–Crippen LogP) is 2.29. The fourth-order valence-electron chi connectivity index (χ4n) is 3.26. The molecule has 0 radical (unpaired) electrons. The lowest BCUT2D eigenvalue weighted by Gasteiger charge is -2.17. The van der Waals surface area contributed by atoms with Gasteiger partial charge in [0.25, 0.3) is 0 Å². The molecule has 0 spiro atoms. The van der Waals surface area contributed by atoms with Gasteiger partial charge < -0.3 is 4.90 Å². The minimum absolute atomic E-state index is 0.117. The van der Waals surface area contributed by atoms with Crippen molar-refractivity contribution in [2.45, 2.75) is 38.0 Å². The van der Waals surface area contributed by atoms with Gasteiger partial charge in [0.05, 0.1) is 5.92 Å². The van der Waals surface area contributed by atoms with Crippen LogP contribution >= 0.6 is 0 Å². The summed E-state index contributed by atoms with van der Waals surface area (Å²) in [4.78, 5) is 13.9. The standard InChI is InChI=1S/C15H19NO/c1-16(2)15(17)13-7-6-12-8-10-4-3-5-11(10)9-14(12)13/h8-9,13H,3-7H2,1-2H3. The van der Waals surface area contributed by atoms with Crippen LogP contribution in [0.4, 0.5) is 0 Å². The molecule has 0 fully saturated rings. The first-order valence-electron chi connectivity index (χ1n) is 6.52. The minimum Gasteiger partial charge on any atom is -0.348 e. The molecular formula is C15H19NO. The van der Waals surface area contributed by atoms with Gasteiger partial charge in [-0.15, -0.1) is 0 Å². The highest BCUT2D eigenvalue weighted by atomic mass is 16.2. The second kappa shape index (κ2) is 3.86. The van der Waals surface area contributed by atoms with E-state index in [-0.39, 0.29) is 11.8 Å². The number of hydrogen-bond acceptors (Lipinski definition) is 1. The minimum atomic E-state index is 0.117. The zero-order valence-corrected chi connectivity index (χ0v) is 10.6. The van der Waals surface area contributed by atoms with Crippen molar-refractivity contribution >= 4 is 5.91 Å². The Morgan fingerprint density at radius 1 is 1.12 bits per heavy atom. The van der Waals surface area contributed by atoms with Crippen molar-refractivity contribution in [3.63, 3.8) is 0 Å². The van der Waals surface area contributed by atoms with E-state index in [9.17, 15) is 4.79 Å². The molecule has 0 saturated heterocycles. The Bertz CT molecular complexity index is 476. The van der Waals surface area contributed by atoms with Crippen molar-refractivity contribution in [1.29, 1.82) is 0 Å². The molecule has 90 valence electrons. The highest BCUT2D eigenvalue weighted by Gasteiger charge is 2.31. The Labute approximate surface area is 103 Å². The monoisotopic (exact) mass is 229 g/mol.